The van der Waals surface area contributed by atoms with Gasteiger partial charge in [0.2, 0.25) is 0 Å². The lowest BCUT2D eigenvalue weighted by Gasteiger charge is -2.19. The molecular formula is C27H35N3O8S. The van der Waals surface area contributed by atoms with Gasteiger partial charge in [0.25, 0.3) is 5.91 Å². The highest BCUT2D eigenvalue weighted by atomic mass is 32.2. The lowest BCUT2D eigenvalue weighted by atomic mass is 10.0. The molecule has 39 heavy (non-hydrogen) atoms. The molecule has 2 heterocycles. The lowest BCUT2D eigenvalue weighted by Crippen LogP contribution is -2.34. The Hall–Kier alpha value is -3.64. The fraction of sp³-hybridized carbons (Fsp3) is 0.444. The Bertz CT molecular complexity index is 1370. The van der Waals surface area contributed by atoms with Crippen LogP contribution in [0.5, 0.6) is 0 Å². The second-order valence-corrected chi connectivity index (χ2v) is 12.0. The number of aromatic nitrogens is 1. The highest BCUT2D eigenvalue weighted by Gasteiger charge is 2.28. The number of aromatic amines is 1. The SMILES string of the molecule is CCOC(=O)c1cc(C)[nH]c1/C=C1\C(=O)Nc2ccc(S(=O)(=O)CCCOCCNC(=O)OC(C)(C)C)cc21. The van der Waals surface area contributed by atoms with E-state index in [2.05, 4.69) is 15.6 Å². The van der Waals surface area contributed by atoms with Gasteiger partial charge in [0.15, 0.2) is 9.84 Å². The first kappa shape index (κ1) is 29.9. The Kier molecular flexibility index (Phi) is 9.57. The predicted molar refractivity (Wildman–Crippen MR) is 146 cm³/mol. The molecule has 212 valence electrons. The Balaban J connectivity index is 1.64. The van der Waals surface area contributed by atoms with Crippen LogP contribution in [-0.2, 0) is 28.8 Å². The molecule has 12 heteroatoms. The van der Waals surface area contributed by atoms with E-state index in [9.17, 15) is 22.8 Å². The number of fused-ring (bicyclic) bond motifs is 1. The van der Waals surface area contributed by atoms with Gasteiger partial charge >= 0.3 is 12.1 Å². The first-order chi connectivity index (χ1) is 18.3. The molecule has 3 rings (SSSR count). The van der Waals surface area contributed by atoms with Crippen molar-refractivity contribution in [2.75, 3.05) is 37.4 Å². The molecule has 3 N–H and O–H groups in total. The molecular weight excluding hydrogens is 526 g/mol. The monoisotopic (exact) mass is 561 g/mol. The molecule has 0 fully saturated rings. The third-order valence-corrected chi connectivity index (χ3v) is 7.31. The summed E-state index contributed by atoms with van der Waals surface area (Å²) in [4.78, 5) is 39.8. The third-order valence-electron chi connectivity index (χ3n) is 5.52. The number of alkyl carbamates (subject to hydrolysis) is 1. The van der Waals surface area contributed by atoms with E-state index in [1.54, 1.807) is 46.8 Å². The van der Waals surface area contributed by atoms with Crippen molar-refractivity contribution in [1.29, 1.82) is 0 Å². The number of esters is 1. The predicted octanol–water partition coefficient (Wildman–Crippen LogP) is 3.70. The Morgan fingerprint density at radius 1 is 1.13 bits per heavy atom. The topological polar surface area (TPSA) is 153 Å². The Labute approximate surface area is 228 Å². The highest BCUT2D eigenvalue weighted by molar-refractivity contribution is 7.91. The minimum absolute atomic E-state index is 0.0727. The zero-order valence-electron chi connectivity index (χ0n) is 22.8. The van der Waals surface area contributed by atoms with Crippen LogP contribution < -0.4 is 10.6 Å². The molecule has 0 saturated carbocycles. The van der Waals surface area contributed by atoms with Gasteiger partial charge in [0.1, 0.15) is 5.60 Å². The molecule has 0 radical (unpaired) electrons. The van der Waals surface area contributed by atoms with E-state index < -0.39 is 33.4 Å². The van der Waals surface area contributed by atoms with Gasteiger partial charge in [-0.3, -0.25) is 4.79 Å². The van der Waals surface area contributed by atoms with Gasteiger partial charge in [0.05, 0.1) is 40.7 Å². The van der Waals surface area contributed by atoms with Crippen molar-refractivity contribution < 1.29 is 37.0 Å². The average molecular weight is 562 g/mol. The van der Waals surface area contributed by atoms with Gasteiger partial charge in [-0.15, -0.1) is 0 Å². The summed E-state index contributed by atoms with van der Waals surface area (Å²) in [6, 6.07) is 6.09. The number of ether oxygens (including phenoxy) is 3. The van der Waals surface area contributed by atoms with Crippen molar-refractivity contribution in [2.24, 2.45) is 0 Å². The van der Waals surface area contributed by atoms with Crippen LogP contribution in [0.1, 0.15) is 61.4 Å². The summed E-state index contributed by atoms with van der Waals surface area (Å²) in [7, 11) is -3.66. The molecule has 0 atom stereocenters. The summed E-state index contributed by atoms with van der Waals surface area (Å²) < 4.78 is 41.6. The molecule has 0 saturated heterocycles. The number of hydrogen-bond donors (Lipinski definition) is 3. The molecule has 1 aliphatic rings. The highest BCUT2D eigenvalue weighted by Crippen LogP contribution is 2.35. The number of hydrogen-bond acceptors (Lipinski definition) is 8. The van der Waals surface area contributed by atoms with Crippen LogP contribution in [0.25, 0.3) is 11.6 Å². The first-order valence-electron chi connectivity index (χ1n) is 12.6. The summed E-state index contributed by atoms with van der Waals surface area (Å²) in [5.74, 6) is -1.09. The van der Waals surface area contributed by atoms with Crippen molar-refractivity contribution in [3.05, 3.63) is 46.8 Å². The van der Waals surface area contributed by atoms with Crippen LogP contribution >= 0.6 is 0 Å². The number of carbonyl (C=O) groups is 3. The van der Waals surface area contributed by atoms with Gasteiger partial charge in [-0.05, 0) is 71.4 Å². The van der Waals surface area contributed by atoms with E-state index in [-0.39, 0.29) is 54.6 Å². The number of benzene rings is 1. The number of anilines is 1. The minimum atomic E-state index is -3.66. The zero-order chi connectivity index (χ0) is 28.8. The molecule has 2 amide bonds. The molecule has 0 spiro atoms. The molecule has 0 unspecified atom stereocenters. The fourth-order valence-electron chi connectivity index (χ4n) is 3.86. The summed E-state index contributed by atoms with van der Waals surface area (Å²) in [6.07, 6.45) is 1.22. The molecule has 1 aromatic carbocycles. The summed E-state index contributed by atoms with van der Waals surface area (Å²) in [5, 5.41) is 5.30. The largest absolute Gasteiger partial charge is 0.462 e. The van der Waals surface area contributed by atoms with E-state index in [1.807, 2.05) is 0 Å². The Morgan fingerprint density at radius 3 is 2.56 bits per heavy atom. The number of nitrogens with one attached hydrogen (secondary N) is 3. The maximum absolute atomic E-state index is 13.0. The van der Waals surface area contributed by atoms with Crippen LogP contribution in [0.15, 0.2) is 29.2 Å². The van der Waals surface area contributed by atoms with Gasteiger partial charge < -0.3 is 29.8 Å². The van der Waals surface area contributed by atoms with E-state index in [4.69, 9.17) is 14.2 Å². The molecule has 2 aromatic rings. The van der Waals surface area contributed by atoms with E-state index in [1.165, 1.54) is 18.2 Å². The van der Waals surface area contributed by atoms with Crippen molar-refractivity contribution >= 4 is 45.1 Å². The molecule has 0 aliphatic carbocycles. The fourth-order valence-corrected chi connectivity index (χ4v) is 5.17. The van der Waals surface area contributed by atoms with Crippen molar-refractivity contribution in [1.82, 2.24) is 10.3 Å². The third kappa shape index (κ3) is 8.17. The van der Waals surface area contributed by atoms with Crippen LogP contribution in [0.4, 0.5) is 10.5 Å². The van der Waals surface area contributed by atoms with E-state index >= 15 is 0 Å². The number of rotatable bonds is 11. The molecule has 1 aromatic heterocycles. The second kappa shape index (κ2) is 12.5. The van der Waals surface area contributed by atoms with Crippen LogP contribution in [0.2, 0.25) is 0 Å². The molecule has 1 aliphatic heterocycles. The number of sulfone groups is 1. The number of aryl methyl sites for hydroxylation is 1. The van der Waals surface area contributed by atoms with Crippen LogP contribution in [0.3, 0.4) is 0 Å². The van der Waals surface area contributed by atoms with E-state index in [0.717, 1.165) is 0 Å². The summed E-state index contributed by atoms with van der Waals surface area (Å²) >= 11 is 0. The number of carbonyl (C=O) groups excluding carboxylic acids is 3. The van der Waals surface area contributed by atoms with Crippen molar-refractivity contribution in [3.63, 3.8) is 0 Å². The summed E-state index contributed by atoms with van der Waals surface area (Å²) in [5.41, 5.74) is 1.93. The quantitative estimate of drug-likeness (QED) is 0.213. The van der Waals surface area contributed by atoms with Crippen LogP contribution in [0, 0.1) is 6.92 Å². The van der Waals surface area contributed by atoms with Gasteiger partial charge in [-0.2, -0.15) is 0 Å². The lowest BCUT2D eigenvalue weighted by molar-refractivity contribution is -0.110. The first-order valence-corrected chi connectivity index (χ1v) is 14.3. The van der Waals surface area contributed by atoms with Crippen molar-refractivity contribution in [3.8, 4) is 0 Å². The maximum Gasteiger partial charge on any atom is 0.407 e. The number of amides is 2. The van der Waals surface area contributed by atoms with Gasteiger partial charge in [0, 0.05) is 30.1 Å². The van der Waals surface area contributed by atoms with Crippen LogP contribution in [-0.4, -0.2) is 69.1 Å². The van der Waals surface area contributed by atoms with Gasteiger partial charge in [-0.1, -0.05) is 0 Å². The molecule has 11 nitrogen and oxygen atoms in total. The zero-order valence-corrected chi connectivity index (χ0v) is 23.6. The van der Waals surface area contributed by atoms with E-state index in [0.29, 0.717) is 22.6 Å². The minimum Gasteiger partial charge on any atom is -0.462 e. The normalized spacial score (nSPS) is 14.2. The van der Waals surface area contributed by atoms with Gasteiger partial charge in [-0.25, -0.2) is 18.0 Å². The Morgan fingerprint density at radius 2 is 1.87 bits per heavy atom. The smallest absolute Gasteiger partial charge is 0.407 e. The molecule has 0 bridgehead atoms. The second-order valence-electron chi connectivity index (χ2n) is 9.93. The maximum atomic E-state index is 13.0. The average Bonchev–Trinajstić information content (AvgIpc) is 3.36. The number of H-pyrrole nitrogens is 1. The standard InChI is InChI=1S/C27H35N3O8S/c1-6-37-25(32)21-14-17(2)29-23(21)16-20-19-15-18(8-9-22(19)30-24(20)31)39(34,35)13-7-11-36-12-10-28-26(33)38-27(3,4)5/h8-9,14-16,29H,6-7,10-13H2,1-5H3,(H,28,33)(H,30,31)/b20-16-. The van der Waals surface area contributed by atoms with Crippen molar-refractivity contribution in [2.45, 2.75) is 51.5 Å². The summed E-state index contributed by atoms with van der Waals surface area (Å²) in [6.45, 7) is 9.62.